The summed E-state index contributed by atoms with van der Waals surface area (Å²) in [7, 11) is 1.48. The maximum absolute atomic E-state index is 13.1. The lowest BCUT2D eigenvalue weighted by Gasteiger charge is -2.25. The van der Waals surface area contributed by atoms with Gasteiger partial charge < -0.3 is 9.84 Å². The van der Waals surface area contributed by atoms with Crippen molar-refractivity contribution in [1.82, 2.24) is 4.98 Å². The zero-order chi connectivity index (χ0) is 21.3. The highest BCUT2D eigenvalue weighted by molar-refractivity contribution is 6.51. The van der Waals surface area contributed by atoms with Crippen LogP contribution < -0.4 is 9.64 Å². The fourth-order valence-corrected chi connectivity index (χ4v) is 3.64. The number of amides is 1. The molecule has 2 aromatic carbocycles. The second-order valence-corrected chi connectivity index (χ2v) is 6.99. The monoisotopic (exact) mass is 400 g/mol. The Kier molecular flexibility index (Phi) is 5.06. The van der Waals surface area contributed by atoms with E-state index in [2.05, 4.69) is 4.98 Å². The van der Waals surface area contributed by atoms with Crippen LogP contribution in [-0.2, 0) is 9.59 Å². The number of pyridine rings is 1. The number of nitrogens with zero attached hydrogens (tertiary/aromatic N) is 2. The highest BCUT2D eigenvalue weighted by Crippen LogP contribution is 2.42. The molecule has 1 aromatic heterocycles. The van der Waals surface area contributed by atoms with Crippen LogP contribution in [0.1, 0.15) is 22.7 Å². The van der Waals surface area contributed by atoms with Gasteiger partial charge in [0.05, 0.1) is 24.3 Å². The molecule has 1 aliphatic rings. The molecular formula is C24H20N2O4. The third-order valence-electron chi connectivity index (χ3n) is 5.12. The summed E-state index contributed by atoms with van der Waals surface area (Å²) in [6.45, 7) is 1.94. The number of para-hydroxylation sites is 1. The van der Waals surface area contributed by atoms with Crippen molar-refractivity contribution < 1.29 is 19.4 Å². The lowest BCUT2D eigenvalue weighted by molar-refractivity contribution is -0.132. The van der Waals surface area contributed by atoms with Crippen LogP contribution in [0.4, 0.5) is 5.69 Å². The normalized spacial score (nSPS) is 17.9. The van der Waals surface area contributed by atoms with E-state index in [-0.39, 0.29) is 11.3 Å². The summed E-state index contributed by atoms with van der Waals surface area (Å²) in [5.41, 5.74) is 2.56. The molecule has 0 bridgehead atoms. The number of hydrogen-bond acceptors (Lipinski definition) is 5. The highest BCUT2D eigenvalue weighted by atomic mass is 16.5. The third-order valence-corrected chi connectivity index (χ3v) is 5.12. The minimum absolute atomic E-state index is 0.00178. The smallest absolute Gasteiger partial charge is 0.300 e. The predicted molar refractivity (Wildman–Crippen MR) is 113 cm³/mol. The Bertz CT molecular complexity index is 1140. The Morgan fingerprint density at radius 2 is 1.77 bits per heavy atom. The second kappa shape index (κ2) is 7.83. The predicted octanol–water partition coefficient (Wildman–Crippen LogP) is 4.02. The molecule has 1 saturated heterocycles. The van der Waals surface area contributed by atoms with E-state index >= 15 is 0 Å². The molecule has 0 saturated carbocycles. The van der Waals surface area contributed by atoms with E-state index in [1.165, 1.54) is 12.0 Å². The number of anilines is 1. The lowest BCUT2D eigenvalue weighted by atomic mass is 9.96. The number of rotatable bonds is 4. The van der Waals surface area contributed by atoms with Gasteiger partial charge in [0, 0.05) is 18.1 Å². The molecule has 1 atom stereocenters. The molecular weight excluding hydrogens is 380 g/mol. The summed E-state index contributed by atoms with van der Waals surface area (Å²) in [6, 6.07) is 16.8. The Balaban J connectivity index is 1.96. The van der Waals surface area contributed by atoms with Gasteiger partial charge in [0.15, 0.2) is 0 Å². The molecule has 0 spiro atoms. The first-order valence-electron chi connectivity index (χ1n) is 9.44. The Morgan fingerprint density at radius 1 is 1.03 bits per heavy atom. The maximum Gasteiger partial charge on any atom is 0.300 e. The van der Waals surface area contributed by atoms with E-state index < -0.39 is 17.7 Å². The Morgan fingerprint density at radius 3 is 2.43 bits per heavy atom. The van der Waals surface area contributed by atoms with E-state index in [1.807, 2.05) is 19.1 Å². The summed E-state index contributed by atoms with van der Waals surface area (Å²) in [4.78, 5) is 31.7. The number of hydrogen-bond donors (Lipinski definition) is 1. The van der Waals surface area contributed by atoms with Crippen molar-refractivity contribution in [3.8, 4) is 5.75 Å². The average molecular weight is 400 g/mol. The van der Waals surface area contributed by atoms with Gasteiger partial charge >= 0.3 is 0 Å². The van der Waals surface area contributed by atoms with Crippen molar-refractivity contribution in [3.63, 3.8) is 0 Å². The standard InChI is InChI=1S/C24H20N2O4/c1-15-9-11-17(12-10-15)26-21(16-6-5-13-25-14-16)20(23(28)24(26)29)22(27)18-7-3-4-8-19(18)30-2/h3-14,21,27H,1-2H3/b22-20-. The van der Waals surface area contributed by atoms with Gasteiger partial charge in [-0.2, -0.15) is 0 Å². The first-order valence-corrected chi connectivity index (χ1v) is 9.44. The number of aliphatic hydroxyl groups is 1. The van der Waals surface area contributed by atoms with E-state index in [1.54, 1.807) is 60.9 Å². The zero-order valence-corrected chi connectivity index (χ0v) is 16.6. The zero-order valence-electron chi connectivity index (χ0n) is 16.6. The number of aryl methyl sites for hydroxylation is 1. The van der Waals surface area contributed by atoms with Gasteiger partial charge in [-0.3, -0.25) is 19.5 Å². The van der Waals surface area contributed by atoms with Gasteiger partial charge in [0.25, 0.3) is 11.7 Å². The number of carbonyl (C=O) groups is 2. The quantitative estimate of drug-likeness (QED) is 0.406. The van der Waals surface area contributed by atoms with Crippen LogP contribution in [0.5, 0.6) is 5.75 Å². The molecule has 30 heavy (non-hydrogen) atoms. The van der Waals surface area contributed by atoms with Crippen LogP contribution in [0.2, 0.25) is 0 Å². The molecule has 4 rings (SSSR count). The maximum atomic E-state index is 13.1. The number of aromatic nitrogens is 1. The van der Waals surface area contributed by atoms with E-state index in [0.717, 1.165) is 5.56 Å². The van der Waals surface area contributed by atoms with Crippen molar-refractivity contribution in [2.75, 3.05) is 12.0 Å². The SMILES string of the molecule is COc1ccccc1/C(O)=C1/C(=O)C(=O)N(c2ccc(C)cc2)C1c1cccnc1. The van der Waals surface area contributed by atoms with Crippen LogP contribution >= 0.6 is 0 Å². The van der Waals surface area contributed by atoms with Crippen molar-refractivity contribution in [3.05, 3.63) is 95.3 Å². The number of Topliss-reactive ketones (excluding diaryl/α,β-unsaturated/α-hetero) is 1. The van der Waals surface area contributed by atoms with Crippen LogP contribution in [0, 0.1) is 6.92 Å². The minimum Gasteiger partial charge on any atom is -0.507 e. The molecule has 1 unspecified atom stereocenters. The molecule has 2 heterocycles. The molecule has 6 nitrogen and oxygen atoms in total. The molecule has 6 heteroatoms. The first-order chi connectivity index (χ1) is 14.5. The van der Waals surface area contributed by atoms with Crippen molar-refractivity contribution >= 4 is 23.1 Å². The Hall–Kier alpha value is -3.93. The lowest BCUT2D eigenvalue weighted by Crippen LogP contribution is -2.29. The van der Waals surface area contributed by atoms with Crippen molar-refractivity contribution in [2.45, 2.75) is 13.0 Å². The third kappa shape index (κ3) is 3.22. The topological polar surface area (TPSA) is 79.7 Å². The summed E-state index contributed by atoms with van der Waals surface area (Å²) in [5.74, 6) is -1.34. The van der Waals surface area contributed by atoms with Crippen LogP contribution in [-0.4, -0.2) is 28.9 Å². The minimum atomic E-state index is -0.814. The van der Waals surface area contributed by atoms with Crippen molar-refractivity contribution in [1.29, 1.82) is 0 Å². The molecule has 0 radical (unpaired) electrons. The number of aliphatic hydroxyl groups excluding tert-OH is 1. The average Bonchev–Trinajstić information content (AvgIpc) is 3.05. The van der Waals surface area contributed by atoms with Gasteiger partial charge in [-0.15, -0.1) is 0 Å². The first kappa shape index (κ1) is 19.4. The van der Waals surface area contributed by atoms with Crippen LogP contribution in [0.3, 0.4) is 0 Å². The number of ketones is 1. The fraction of sp³-hybridized carbons (Fsp3) is 0.125. The largest absolute Gasteiger partial charge is 0.507 e. The molecule has 150 valence electrons. The number of carbonyl (C=O) groups excluding carboxylic acids is 2. The number of ether oxygens (including phenoxy) is 1. The van der Waals surface area contributed by atoms with Gasteiger partial charge in [0.2, 0.25) is 0 Å². The number of methoxy groups -OCH3 is 1. The summed E-state index contributed by atoms with van der Waals surface area (Å²) in [5, 5.41) is 11.1. The summed E-state index contributed by atoms with van der Waals surface area (Å²) < 4.78 is 5.34. The highest BCUT2D eigenvalue weighted by Gasteiger charge is 2.47. The summed E-state index contributed by atoms with van der Waals surface area (Å²) >= 11 is 0. The molecule has 3 aromatic rings. The van der Waals surface area contributed by atoms with Gasteiger partial charge in [0.1, 0.15) is 11.5 Å². The van der Waals surface area contributed by atoms with Gasteiger partial charge in [-0.25, -0.2) is 0 Å². The summed E-state index contributed by atoms with van der Waals surface area (Å²) in [6.07, 6.45) is 3.20. The molecule has 1 aliphatic heterocycles. The van der Waals surface area contributed by atoms with Crippen LogP contribution in [0.15, 0.2) is 78.6 Å². The molecule has 1 N–H and O–H groups in total. The van der Waals surface area contributed by atoms with Gasteiger partial charge in [-0.1, -0.05) is 35.9 Å². The fourth-order valence-electron chi connectivity index (χ4n) is 3.64. The second-order valence-electron chi connectivity index (χ2n) is 6.99. The Labute approximate surface area is 174 Å². The van der Waals surface area contributed by atoms with Gasteiger partial charge in [-0.05, 0) is 42.8 Å². The van der Waals surface area contributed by atoms with Crippen molar-refractivity contribution in [2.24, 2.45) is 0 Å². The molecule has 1 fully saturated rings. The van der Waals surface area contributed by atoms with E-state index in [0.29, 0.717) is 22.6 Å². The molecule has 0 aliphatic carbocycles. The van der Waals surface area contributed by atoms with E-state index in [4.69, 9.17) is 4.74 Å². The molecule has 1 amide bonds. The number of benzene rings is 2. The van der Waals surface area contributed by atoms with E-state index in [9.17, 15) is 14.7 Å². The van der Waals surface area contributed by atoms with Crippen LogP contribution in [0.25, 0.3) is 5.76 Å².